The van der Waals surface area contributed by atoms with Gasteiger partial charge in [0.25, 0.3) is 5.91 Å². The number of rotatable bonds is 5. The van der Waals surface area contributed by atoms with E-state index in [2.05, 4.69) is 9.88 Å². The molecule has 1 aromatic heterocycles. The van der Waals surface area contributed by atoms with Crippen LogP contribution in [0.4, 0.5) is 5.82 Å². The number of anilines is 1. The van der Waals surface area contributed by atoms with Gasteiger partial charge in [0.05, 0.1) is 11.1 Å². The smallest absolute Gasteiger partial charge is 0.254 e. The summed E-state index contributed by atoms with van der Waals surface area (Å²) >= 11 is 0. The molecule has 2 N–H and O–H groups in total. The minimum atomic E-state index is -0.0148. The van der Waals surface area contributed by atoms with Crippen LogP contribution in [0.25, 0.3) is 10.9 Å². The molecule has 0 saturated heterocycles. The minimum absolute atomic E-state index is 0.0148. The molecule has 21 heavy (non-hydrogen) atoms. The number of hydrogen-bond acceptors (Lipinski definition) is 4. The maximum atomic E-state index is 12.6. The van der Waals surface area contributed by atoms with Crippen molar-refractivity contribution in [1.29, 1.82) is 0 Å². The summed E-state index contributed by atoms with van der Waals surface area (Å²) in [7, 11) is 5.88. The van der Waals surface area contributed by atoms with Gasteiger partial charge in [-0.25, -0.2) is 4.98 Å². The molecule has 0 unspecified atom stereocenters. The number of benzene rings is 1. The van der Waals surface area contributed by atoms with Crippen LogP contribution >= 0.6 is 0 Å². The van der Waals surface area contributed by atoms with Crippen LogP contribution in [-0.4, -0.2) is 54.9 Å². The highest BCUT2D eigenvalue weighted by molar-refractivity contribution is 6.06. The van der Waals surface area contributed by atoms with Crippen LogP contribution in [0.15, 0.2) is 30.3 Å². The summed E-state index contributed by atoms with van der Waals surface area (Å²) in [5.41, 5.74) is 7.18. The monoisotopic (exact) mass is 286 g/mol. The van der Waals surface area contributed by atoms with Crippen molar-refractivity contribution >= 4 is 22.6 Å². The molecule has 0 aliphatic heterocycles. The molecule has 1 amide bonds. The molecule has 0 bridgehead atoms. The van der Waals surface area contributed by atoms with Gasteiger partial charge in [0.15, 0.2) is 0 Å². The van der Waals surface area contributed by atoms with Gasteiger partial charge in [-0.15, -0.1) is 0 Å². The molecule has 5 heteroatoms. The lowest BCUT2D eigenvalue weighted by Crippen LogP contribution is -2.30. The standard InChI is InChI=1S/C16H22N4O/c1-19(2)9-6-10-20(3)16(21)13-11-15(17)18-14-8-5-4-7-12(13)14/h4-5,7-8,11H,6,9-10H2,1-3H3,(H2,17,18). The zero-order valence-corrected chi connectivity index (χ0v) is 12.8. The number of nitrogens with zero attached hydrogens (tertiary/aromatic N) is 3. The highest BCUT2D eigenvalue weighted by atomic mass is 16.2. The quantitative estimate of drug-likeness (QED) is 0.911. The Bertz CT molecular complexity index is 639. The summed E-state index contributed by atoms with van der Waals surface area (Å²) in [6, 6.07) is 9.23. The third kappa shape index (κ3) is 3.70. The lowest BCUT2D eigenvalue weighted by molar-refractivity contribution is 0.0792. The number of amides is 1. The van der Waals surface area contributed by atoms with E-state index in [1.165, 1.54) is 0 Å². The van der Waals surface area contributed by atoms with Gasteiger partial charge in [-0.05, 0) is 39.2 Å². The predicted octanol–water partition coefficient (Wildman–Crippen LogP) is 1.84. The fourth-order valence-corrected chi connectivity index (χ4v) is 2.30. The van der Waals surface area contributed by atoms with Gasteiger partial charge in [-0.3, -0.25) is 4.79 Å². The number of carbonyl (C=O) groups excluding carboxylic acids is 1. The summed E-state index contributed by atoms with van der Waals surface area (Å²) in [4.78, 5) is 20.7. The average molecular weight is 286 g/mol. The van der Waals surface area contributed by atoms with E-state index in [0.717, 1.165) is 23.9 Å². The first kappa shape index (κ1) is 15.3. The van der Waals surface area contributed by atoms with Crippen molar-refractivity contribution in [2.75, 3.05) is 40.0 Å². The Hall–Kier alpha value is -2.14. The zero-order chi connectivity index (χ0) is 15.4. The van der Waals surface area contributed by atoms with E-state index in [-0.39, 0.29) is 5.91 Å². The van der Waals surface area contributed by atoms with Gasteiger partial charge in [0, 0.05) is 19.0 Å². The second-order valence-corrected chi connectivity index (χ2v) is 5.50. The molecule has 0 radical (unpaired) electrons. The number of nitrogen functional groups attached to an aromatic ring is 1. The third-order valence-corrected chi connectivity index (χ3v) is 3.41. The second-order valence-electron chi connectivity index (χ2n) is 5.50. The van der Waals surface area contributed by atoms with Crippen LogP contribution in [0.3, 0.4) is 0 Å². The van der Waals surface area contributed by atoms with Crippen LogP contribution in [0.5, 0.6) is 0 Å². The topological polar surface area (TPSA) is 62.5 Å². The Balaban J connectivity index is 2.22. The van der Waals surface area contributed by atoms with Gasteiger partial charge >= 0.3 is 0 Å². The molecular weight excluding hydrogens is 264 g/mol. The van der Waals surface area contributed by atoms with E-state index < -0.39 is 0 Å². The number of carbonyl (C=O) groups is 1. The van der Waals surface area contributed by atoms with Gasteiger partial charge < -0.3 is 15.5 Å². The normalized spacial score (nSPS) is 11.0. The second kappa shape index (κ2) is 6.54. The SMILES string of the molecule is CN(C)CCCN(C)C(=O)c1cc(N)nc2ccccc12. The molecule has 0 spiro atoms. The van der Waals surface area contributed by atoms with Crippen molar-refractivity contribution < 1.29 is 4.79 Å². The lowest BCUT2D eigenvalue weighted by atomic mass is 10.1. The number of para-hydroxylation sites is 1. The Labute approximate surface area is 125 Å². The first-order chi connectivity index (χ1) is 9.99. The molecule has 112 valence electrons. The summed E-state index contributed by atoms with van der Waals surface area (Å²) in [6.45, 7) is 1.67. The fourth-order valence-electron chi connectivity index (χ4n) is 2.30. The largest absolute Gasteiger partial charge is 0.384 e. The molecule has 0 aliphatic rings. The van der Waals surface area contributed by atoms with E-state index >= 15 is 0 Å². The summed E-state index contributed by atoms with van der Waals surface area (Å²) < 4.78 is 0. The molecule has 1 heterocycles. The van der Waals surface area contributed by atoms with Crippen molar-refractivity contribution in [3.8, 4) is 0 Å². The predicted molar refractivity (Wildman–Crippen MR) is 86.3 cm³/mol. The molecule has 5 nitrogen and oxygen atoms in total. The number of fused-ring (bicyclic) bond motifs is 1. The van der Waals surface area contributed by atoms with E-state index in [9.17, 15) is 4.79 Å². The zero-order valence-electron chi connectivity index (χ0n) is 12.8. The highest BCUT2D eigenvalue weighted by Gasteiger charge is 2.16. The molecule has 0 fully saturated rings. The molecule has 0 saturated carbocycles. The minimum Gasteiger partial charge on any atom is -0.384 e. The van der Waals surface area contributed by atoms with Gasteiger partial charge in [-0.2, -0.15) is 0 Å². The average Bonchev–Trinajstić information content (AvgIpc) is 2.45. The first-order valence-electron chi connectivity index (χ1n) is 7.04. The van der Waals surface area contributed by atoms with Crippen molar-refractivity contribution in [2.45, 2.75) is 6.42 Å². The van der Waals surface area contributed by atoms with Crippen molar-refractivity contribution in [2.24, 2.45) is 0 Å². The van der Waals surface area contributed by atoms with Crippen molar-refractivity contribution in [3.63, 3.8) is 0 Å². The Kier molecular flexibility index (Phi) is 4.75. The van der Waals surface area contributed by atoms with Gasteiger partial charge in [0.1, 0.15) is 5.82 Å². The maximum absolute atomic E-state index is 12.6. The first-order valence-corrected chi connectivity index (χ1v) is 7.04. The van der Waals surface area contributed by atoms with Crippen molar-refractivity contribution in [1.82, 2.24) is 14.8 Å². The van der Waals surface area contributed by atoms with Crippen LogP contribution in [0, 0.1) is 0 Å². The number of hydrogen-bond donors (Lipinski definition) is 1. The van der Waals surface area contributed by atoms with Crippen LogP contribution in [0.2, 0.25) is 0 Å². The maximum Gasteiger partial charge on any atom is 0.254 e. The Morgan fingerprint density at radius 1 is 1.19 bits per heavy atom. The van der Waals surface area contributed by atoms with Gasteiger partial charge in [0.2, 0.25) is 0 Å². The molecule has 2 rings (SSSR count). The molecule has 1 aromatic carbocycles. The van der Waals surface area contributed by atoms with E-state index in [1.807, 2.05) is 45.4 Å². The van der Waals surface area contributed by atoms with Crippen LogP contribution in [-0.2, 0) is 0 Å². The van der Waals surface area contributed by atoms with Crippen molar-refractivity contribution in [3.05, 3.63) is 35.9 Å². The summed E-state index contributed by atoms with van der Waals surface area (Å²) in [5.74, 6) is 0.359. The van der Waals surface area contributed by atoms with E-state index in [0.29, 0.717) is 17.9 Å². The molecule has 0 aliphatic carbocycles. The molecule has 2 aromatic rings. The summed E-state index contributed by atoms with van der Waals surface area (Å²) in [6.07, 6.45) is 0.938. The van der Waals surface area contributed by atoms with Crippen LogP contribution < -0.4 is 5.73 Å². The Morgan fingerprint density at radius 2 is 1.90 bits per heavy atom. The lowest BCUT2D eigenvalue weighted by Gasteiger charge is -2.19. The third-order valence-electron chi connectivity index (χ3n) is 3.41. The number of nitrogens with two attached hydrogens (primary N) is 1. The van der Waals surface area contributed by atoms with E-state index in [4.69, 9.17) is 5.73 Å². The number of pyridine rings is 1. The van der Waals surface area contributed by atoms with Crippen LogP contribution in [0.1, 0.15) is 16.8 Å². The Morgan fingerprint density at radius 3 is 2.62 bits per heavy atom. The highest BCUT2D eigenvalue weighted by Crippen LogP contribution is 2.20. The molecular formula is C16H22N4O. The molecule has 0 atom stereocenters. The van der Waals surface area contributed by atoms with Gasteiger partial charge in [-0.1, -0.05) is 18.2 Å². The number of aromatic nitrogens is 1. The summed E-state index contributed by atoms with van der Waals surface area (Å²) in [5, 5.41) is 0.844. The fraction of sp³-hybridized carbons (Fsp3) is 0.375. The van der Waals surface area contributed by atoms with E-state index in [1.54, 1.807) is 11.0 Å².